The molecule has 0 aliphatic heterocycles. The second-order valence-corrected chi connectivity index (χ2v) is 4.54. The lowest BCUT2D eigenvalue weighted by atomic mass is 10.0. The molecule has 0 radical (unpaired) electrons. The summed E-state index contributed by atoms with van der Waals surface area (Å²) in [5.41, 5.74) is 4.34. The first-order valence-electron chi connectivity index (χ1n) is 6.67. The highest BCUT2D eigenvalue weighted by Crippen LogP contribution is 2.20. The SMILES string of the molecule is C#CC#CC#C.CC(=O)c1ccc(-c2ccc(C)cc2)cc1. The first-order valence-corrected chi connectivity index (χ1v) is 6.67. The minimum Gasteiger partial charge on any atom is -0.295 e. The molecule has 0 saturated carbocycles. The second kappa shape index (κ2) is 8.86. The Kier molecular flexibility index (Phi) is 6.78. The van der Waals surface area contributed by atoms with E-state index in [1.165, 1.54) is 11.1 Å². The van der Waals surface area contributed by atoms with Crippen LogP contribution in [0.5, 0.6) is 0 Å². The van der Waals surface area contributed by atoms with Crippen molar-refractivity contribution in [3.05, 3.63) is 59.7 Å². The highest BCUT2D eigenvalue weighted by Gasteiger charge is 2.00. The molecule has 22 heavy (non-hydrogen) atoms. The molecule has 0 unspecified atom stereocenters. The molecule has 0 saturated heterocycles. The number of rotatable bonds is 2. The maximum Gasteiger partial charge on any atom is 0.159 e. The quantitative estimate of drug-likeness (QED) is 0.599. The summed E-state index contributed by atoms with van der Waals surface area (Å²) in [7, 11) is 0. The highest BCUT2D eigenvalue weighted by molar-refractivity contribution is 5.94. The molecule has 0 fully saturated rings. The zero-order chi connectivity index (χ0) is 16.4. The van der Waals surface area contributed by atoms with E-state index < -0.39 is 0 Å². The van der Waals surface area contributed by atoms with E-state index >= 15 is 0 Å². The molecule has 0 N–H and O–H groups in total. The van der Waals surface area contributed by atoms with Gasteiger partial charge in [-0.15, -0.1) is 12.8 Å². The summed E-state index contributed by atoms with van der Waals surface area (Å²) in [6.07, 6.45) is 9.39. The fourth-order valence-electron chi connectivity index (χ4n) is 1.72. The molecule has 2 aromatic carbocycles. The Morgan fingerprint density at radius 1 is 0.818 bits per heavy atom. The Morgan fingerprint density at radius 3 is 1.59 bits per heavy atom. The van der Waals surface area contributed by atoms with Crippen molar-refractivity contribution in [3.63, 3.8) is 0 Å². The van der Waals surface area contributed by atoms with Crippen molar-refractivity contribution in [2.45, 2.75) is 13.8 Å². The summed E-state index contributed by atoms with van der Waals surface area (Å²) in [6.45, 7) is 3.66. The second-order valence-electron chi connectivity index (χ2n) is 4.54. The lowest BCUT2D eigenvalue weighted by Crippen LogP contribution is -1.90. The van der Waals surface area contributed by atoms with Gasteiger partial charge in [0.25, 0.3) is 0 Å². The van der Waals surface area contributed by atoms with Gasteiger partial charge in [-0.3, -0.25) is 4.79 Å². The summed E-state index contributed by atoms with van der Waals surface area (Å²) >= 11 is 0. The number of terminal acetylenes is 2. The van der Waals surface area contributed by atoms with Crippen LogP contribution < -0.4 is 0 Å². The molecular formula is C21H16O. The smallest absolute Gasteiger partial charge is 0.159 e. The minimum absolute atomic E-state index is 0.107. The Hall–Kier alpha value is -3.21. The van der Waals surface area contributed by atoms with E-state index in [-0.39, 0.29) is 5.78 Å². The average Bonchev–Trinajstić information content (AvgIpc) is 2.54. The summed E-state index contributed by atoms with van der Waals surface area (Å²) in [4.78, 5) is 11.1. The van der Waals surface area contributed by atoms with Crippen LogP contribution in [0.2, 0.25) is 0 Å². The highest BCUT2D eigenvalue weighted by atomic mass is 16.1. The molecule has 0 aliphatic carbocycles. The van der Waals surface area contributed by atoms with E-state index in [1.54, 1.807) is 6.92 Å². The number of benzene rings is 2. The van der Waals surface area contributed by atoms with Crippen molar-refractivity contribution in [1.82, 2.24) is 0 Å². The molecule has 106 valence electrons. The van der Waals surface area contributed by atoms with Crippen LogP contribution >= 0.6 is 0 Å². The molecule has 1 nitrogen and oxygen atoms in total. The third-order valence-electron chi connectivity index (χ3n) is 2.88. The van der Waals surface area contributed by atoms with Gasteiger partial charge in [-0.1, -0.05) is 54.1 Å². The van der Waals surface area contributed by atoms with Gasteiger partial charge >= 0.3 is 0 Å². The lowest BCUT2D eigenvalue weighted by molar-refractivity contribution is 0.101. The molecule has 2 rings (SSSR count). The normalized spacial score (nSPS) is 8.18. The zero-order valence-electron chi connectivity index (χ0n) is 12.7. The van der Waals surface area contributed by atoms with Gasteiger partial charge in [0.2, 0.25) is 0 Å². The van der Waals surface area contributed by atoms with Crippen molar-refractivity contribution >= 4 is 5.78 Å². The minimum atomic E-state index is 0.107. The van der Waals surface area contributed by atoms with Gasteiger partial charge < -0.3 is 0 Å². The standard InChI is InChI=1S/C15H14O.C6H2/c1-11-3-5-14(6-4-11)15-9-7-13(8-10-15)12(2)16;1-3-5-6-4-2/h3-10H,1-2H3;1-2H. The molecule has 0 aromatic heterocycles. The number of carbonyl (C=O) groups excluding carboxylic acids is 1. The first-order chi connectivity index (χ1) is 10.6. The van der Waals surface area contributed by atoms with Crippen LogP contribution in [0, 0.1) is 43.5 Å². The third-order valence-corrected chi connectivity index (χ3v) is 2.88. The van der Waals surface area contributed by atoms with Crippen LogP contribution in [0.25, 0.3) is 11.1 Å². The van der Waals surface area contributed by atoms with Crippen LogP contribution in [0.1, 0.15) is 22.8 Å². The monoisotopic (exact) mass is 284 g/mol. The van der Waals surface area contributed by atoms with Crippen LogP contribution in [0.4, 0.5) is 0 Å². The number of aryl methyl sites for hydroxylation is 1. The van der Waals surface area contributed by atoms with Gasteiger partial charge in [-0.2, -0.15) is 0 Å². The number of Topliss-reactive ketones (excluding diaryl/α,β-unsaturated/α-hetero) is 1. The summed E-state index contributed by atoms with van der Waals surface area (Å²) in [5.74, 6) is 8.72. The maximum atomic E-state index is 11.1. The largest absolute Gasteiger partial charge is 0.295 e. The topological polar surface area (TPSA) is 17.1 Å². The van der Waals surface area contributed by atoms with E-state index in [4.69, 9.17) is 12.8 Å². The lowest BCUT2D eigenvalue weighted by Gasteiger charge is -2.03. The fourth-order valence-corrected chi connectivity index (χ4v) is 1.72. The maximum absolute atomic E-state index is 11.1. The Labute approximate surface area is 132 Å². The number of carbonyl (C=O) groups is 1. The van der Waals surface area contributed by atoms with Gasteiger partial charge in [0.15, 0.2) is 5.78 Å². The zero-order valence-corrected chi connectivity index (χ0v) is 12.7. The predicted octanol–water partition coefficient (Wildman–Crippen LogP) is 4.12. The average molecular weight is 284 g/mol. The van der Waals surface area contributed by atoms with Gasteiger partial charge in [0, 0.05) is 5.56 Å². The van der Waals surface area contributed by atoms with Crippen LogP contribution in [-0.4, -0.2) is 5.78 Å². The molecule has 0 amide bonds. The number of hydrogen-bond acceptors (Lipinski definition) is 1. The van der Waals surface area contributed by atoms with Gasteiger partial charge in [-0.05, 0) is 48.7 Å². The third kappa shape index (κ3) is 5.42. The van der Waals surface area contributed by atoms with Crippen molar-refractivity contribution in [2.75, 3.05) is 0 Å². The summed E-state index contributed by atoms with van der Waals surface area (Å²) < 4.78 is 0. The predicted molar refractivity (Wildman–Crippen MR) is 92.1 cm³/mol. The summed E-state index contributed by atoms with van der Waals surface area (Å²) in [6, 6.07) is 16.1. The van der Waals surface area contributed by atoms with E-state index in [1.807, 2.05) is 24.3 Å². The molecule has 1 heteroatoms. The van der Waals surface area contributed by atoms with Crippen molar-refractivity contribution in [2.24, 2.45) is 0 Å². The summed E-state index contributed by atoms with van der Waals surface area (Å²) in [5, 5.41) is 0. The van der Waals surface area contributed by atoms with Gasteiger partial charge in [0.1, 0.15) is 0 Å². The molecule has 0 bridgehead atoms. The van der Waals surface area contributed by atoms with Gasteiger partial charge in [-0.25, -0.2) is 0 Å². The fraction of sp³-hybridized carbons (Fsp3) is 0.0952. The van der Waals surface area contributed by atoms with Crippen molar-refractivity contribution < 1.29 is 4.79 Å². The molecular weight excluding hydrogens is 268 g/mol. The van der Waals surface area contributed by atoms with E-state index in [2.05, 4.69) is 54.9 Å². The Morgan fingerprint density at radius 2 is 1.23 bits per heavy atom. The molecule has 0 spiro atoms. The molecule has 0 atom stereocenters. The van der Waals surface area contributed by atoms with Crippen LogP contribution in [0.15, 0.2) is 48.5 Å². The van der Waals surface area contributed by atoms with E-state index in [0.717, 1.165) is 11.1 Å². The Balaban J connectivity index is 0.000000346. The number of ketones is 1. The first kappa shape index (κ1) is 16.8. The van der Waals surface area contributed by atoms with Gasteiger partial charge in [0.05, 0.1) is 0 Å². The van der Waals surface area contributed by atoms with Crippen molar-refractivity contribution in [3.8, 4) is 47.7 Å². The molecule has 0 heterocycles. The van der Waals surface area contributed by atoms with E-state index in [9.17, 15) is 4.79 Å². The Bertz CT molecular complexity index is 750. The van der Waals surface area contributed by atoms with Crippen LogP contribution in [-0.2, 0) is 0 Å². The molecule has 0 aliphatic rings. The van der Waals surface area contributed by atoms with Crippen LogP contribution in [0.3, 0.4) is 0 Å². The molecule has 2 aromatic rings. The van der Waals surface area contributed by atoms with Crippen molar-refractivity contribution in [1.29, 1.82) is 0 Å². The number of hydrogen-bond donors (Lipinski definition) is 0. The van der Waals surface area contributed by atoms with E-state index in [0.29, 0.717) is 0 Å².